The molecule has 1 N–H and O–H groups in total. The molecule has 20 heavy (non-hydrogen) atoms. The number of hydrogen-bond acceptors (Lipinski definition) is 2. The summed E-state index contributed by atoms with van der Waals surface area (Å²) in [5.74, 6) is 1.17. The van der Waals surface area contributed by atoms with E-state index >= 15 is 0 Å². The van der Waals surface area contributed by atoms with Gasteiger partial charge in [-0.25, -0.2) is 0 Å². The van der Waals surface area contributed by atoms with Gasteiger partial charge in [-0.15, -0.1) is 0 Å². The second kappa shape index (κ2) is 7.06. The molecule has 1 aromatic rings. The first kappa shape index (κ1) is 16.0. The molecule has 0 bridgehead atoms. The van der Waals surface area contributed by atoms with Crippen LogP contribution in [0.5, 0.6) is 0 Å². The van der Waals surface area contributed by atoms with Gasteiger partial charge < -0.3 is 10.1 Å². The highest BCUT2D eigenvalue weighted by atomic mass is 79.9. The maximum absolute atomic E-state index is 6.03. The van der Waals surface area contributed by atoms with Gasteiger partial charge in [0, 0.05) is 16.4 Å². The van der Waals surface area contributed by atoms with E-state index in [2.05, 4.69) is 73.2 Å². The van der Waals surface area contributed by atoms with Crippen molar-refractivity contribution >= 4 is 15.9 Å². The molecule has 0 amide bonds. The Morgan fingerprint density at radius 1 is 1.25 bits per heavy atom. The monoisotopic (exact) mass is 339 g/mol. The van der Waals surface area contributed by atoms with E-state index in [1.807, 2.05) is 0 Å². The Balaban J connectivity index is 2.14. The van der Waals surface area contributed by atoms with Crippen LogP contribution in [0.25, 0.3) is 0 Å². The van der Waals surface area contributed by atoms with E-state index in [-0.39, 0.29) is 0 Å². The lowest BCUT2D eigenvalue weighted by molar-refractivity contribution is 0.0476. The molecule has 1 saturated heterocycles. The summed E-state index contributed by atoms with van der Waals surface area (Å²) >= 11 is 3.56. The standard InChI is InChI=1S/C17H26BrNO/c1-5-19-16(10-14-7-6-8-15(18)9-14)17-11(2)12(3)20-13(17)4/h6-9,11-13,16-17,19H,5,10H2,1-4H3. The first-order valence-electron chi connectivity index (χ1n) is 7.66. The Kier molecular flexibility index (Phi) is 5.65. The number of halogens is 1. The SMILES string of the molecule is CCNC(Cc1cccc(Br)c1)C1C(C)OC(C)C1C. The summed E-state index contributed by atoms with van der Waals surface area (Å²) in [6.45, 7) is 9.93. The zero-order valence-corrected chi connectivity index (χ0v) is 14.5. The second-order valence-electron chi connectivity index (χ2n) is 5.98. The zero-order chi connectivity index (χ0) is 14.7. The molecular formula is C17H26BrNO. The number of hydrogen-bond donors (Lipinski definition) is 1. The Morgan fingerprint density at radius 3 is 2.55 bits per heavy atom. The first-order chi connectivity index (χ1) is 9.52. The molecule has 2 nitrogen and oxygen atoms in total. The molecule has 112 valence electrons. The normalized spacial score (nSPS) is 31.4. The highest BCUT2D eigenvalue weighted by Crippen LogP contribution is 2.35. The van der Waals surface area contributed by atoms with Crippen LogP contribution in [0.4, 0.5) is 0 Å². The van der Waals surface area contributed by atoms with Crippen molar-refractivity contribution in [1.82, 2.24) is 5.32 Å². The van der Waals surface area contributed by atoms with Crippen LogP contribution in [-0.2, 0) is 11.2 Å². The van der Waals surface area contributed by atoms with E-state index in [1.54, 1.807) is 0 Å². The smallest absolute Gasteiger partial charge is 0.0597 e. The number of rotatable bonds is 5. The van der Waals surface area contributed by atoms with Gasteiger partial charge in [0.1, 0.15) is 0 Å². The molecule has 1 aliphatic heterocycles. The van der Waals surface area contributed by atoms with Crippen LogP contribution in [0.2, 0.25) is 0 Å². The summed E-state index contributed by atoms with van der Waals surface area (Å²) in [4.78, 5) is 0. The molecule has 0 aromatic heterocycles. The van der Waals surface area contributed by atoms with E-state index in [1.165, 1.54) is 5.56 Å². The van der Waals surface area contributed by atoms with Gasteiger partial charge in [-0.3, -0.25) is 0 Å². The minimum absolute atomic E-state index is 0.330. The lowest BCUT2D eigenvalue weighted by Crippen LogP contribution is -2.43. The van der Waals surface area contributed by atoms with Crippen molar-refractivity contribution in [3.8, 4) is 0 Å². The van der Waals surface area contributed by atoms with Gasteiger partial charge in [0.05, 0.1) is 12.2 Å². The van der Waals surface area contributed by atoms with E-state index in [0.717, 1.165) is 17.4 Å². The van der Waals surface area contributed by atoms with Crippen molar-refractivity contribution in [2.75, 3.05) is 6.54 Å². The third kappa shape index (κ3) is 3.63. The van der Waals surface area contributed by atoms with Crippen LogP contribution in [0.15, 0.2) is 28.7 Å². The van der Waals surface area contributed by atoms with Crippen LogP contribution in [0.1, 0.15) is 33.3 Å². The van der Waals surface area contributed by atoms with Crippen molar-refractivity contribution in [3.63, 3.8) is 0 Å². The Morgan fingerprint density at radius 2 is 2.00 bits per heavy atom. The average Bonchev–Trinajstić information content (AvgIpc) is 2.63. The molecule has 5 unspecified atom stereocenters. The summed E-state index contributed by atoms with van der Waals surface area (Å²) in [7, 11) is 0. The van der Waals surface area contributed by atoms with E-state index in [4.69, 9.17) is 4.74 Å². The zero-order valence-electron chi connectivity index (χ0n) is 12.9. The number of benzene rings is 1. The molecule has 1 aliphatic rings. The fraction of sp³-hybridized carbons (Fsp3) is 0.647. The summed E-state index contributed by atoms with van der Waals surface area (Å²) < 4.78 is 7.18. The van der Waals surface area contributed by atoms with Crippen molar-refractivity contribution < 1.29 is 4.74 Å². The summed E-state index contributed by atoms with van der Waals surface area (Å²) in [5.41, 5.74) is 1.38. The van der Waals surface area contributed by atoms with E-state index in [0.29, 0.717) is 30.1 Å². The maximum atomic E-state index is 6.03. The minimum Gasteiger partial charge on any atom is -0.375 e. The third-order valence-electron chi connectivity index (χ3n) is 4.59. The molecule has 0 spiro atoms. The van der Waals surface area contributed by atoms with E-state index in [9.17, 15) is 0 Å². The predicted molar refractivity (Wildman–Crippen MR) is 88.0 cm³/mol. The van der Waals surface area contributed by atoms with Crippen molar-refractivity contribution in [1.29, 1.82) is 0 Å². The molecular weight excluding hydrogens is 314 g/mol. The van der Waals surface area contributed by atoms with Gasteiger partial charge in [0.2, 0.25) is 0 Å². The molecule has 0 radical (unpaired) electrons. The first-order valence-corrected chi connectivity index (χ1v) is 8.45. The summed E-state index contributed by atoms with van der Waals surface area (Å²) in [5, 5.41) is 3.68. The van der Waals surface area contributed by atoms with Crippen LogP contribution in [0.3, 0.4) is 0 Å². The van der Waals surface area contributed by atoms with Crippen molar-refractivity contribution in [2.24, 2.45) is 11.8 Å². The average molecular weight is 340 g/mol. The van der Waals surface area contributed by atoms with Gasteiger partial charge in [0.25, 0.3) is 0 Å². The number of ether oxygens (including phenoxy) is 1. The van der Waals surface area contributed by atoms with Gasteiger partial charge in [-0.05, 0) is 50.4 Å². The van der Waals surface area contributed by atoms with Gasteiger partial charge in [-0.2, -0.15) is 0 Å². The molecule has 5 atom stereocenters. The van der Waals surface area contributed by atoms with Gasteiger partial charge in [-0.1, -0.05) is 41.9 Å². The van der Waals surface area contributed by atoms with E-state index < -0.39 is 0 Å². The number of nitrogens with one attached hydrogen (secondary N) is 1. The lowest BCUT2D eigenvalue weighted by atomic mass is 9.81. The Labute approximate surface area is 131 Å². The molecule has 1 heterocycles. The second-order valence-corrected chi connectivity index (χ2v) is 6.90. The van der Waals surface area contributed by atoms with Crippen LogP contribution < -0.4 is 5.32 Å². The topological polar surface area (TPSA) is 21.3 Å². The van der Waals surface area contributed by atoms with Crippen LogP contribution >= 0.6 is 15.9 Å². The molecule has 2 rings (SSSR count). The lowest BCUT2D eigenvalue weighted by Gasteiger charge is -2.30. The van der Waals surface area contributed by atoms with Gasteiger partial charge in [0.15, 0.2) is 0 Å². The number of likely N-dealkylation sites (N-methyl/N-ethyl adjacent to an activating group) is 1. The fourth-order valence-corrected chi connectivity index (χ4v) is 3.96. The highest BCUT2D eigenvalue weighted by Gasteiger charge is 2.41. The quantitative estimate of drug-likeness (QED) is 0.874. The van der Waals surface area contributed by atoms with Crippen molar-refractivity contribution in [3.05, 3.63) is 34.3 Å². The third-order valence-corrected chi connectivity index (χ3v) is 5.09. The van der Waals surface area contributed by atoms with Crippen LogP contribution in [0, 0.1) is 11.8 Å². The molecule has 1 aromatic carbocycles. The summed E-state index contributed by atoms with van der Waals surface area (Å²) in [6.07, 6.45) is 1.75. The maximum Gasteiger partial charge on any atom is 0.0597 e. The molecule has 0 aliphatic carbocycles. The fourth-order valence-electron chi connectivity index (χ4n) is 3.51. The minimum atomic E-state index is 0.330. The largest absolute Gasteiger partial charge is 0.375 e. The summed E-state index contributed by atoms with van der Waals surface area (Å²) in [6, 6.07) is 9.10. The Hall–Kier alpha value is -0.380. The molecule has 0 saturated carbocycles. The van der Waals surface area contributed by atoms with Crippen molar-refractivity contribution in [2.45, 2.75) is 52.4 Å². The molecule has 3 heteroatoms. The predicted octanol–water partition coefficient (Wildman–Crippen LogP) is 4.03. The Bertz CT molecular complexity index is 437. The van der Waals surface area contributed by atoms with Gasteiger partial charge >= 0.3 is 0 Å². The van der Waals surface area contributed by atoms with Crippen LogP contribution in [-0.4, -0.2) is 24.8 Å². The molecule has 1 fully saturated rings. The highest BCUT2D eigenvalue weighted by molar-refractivity contribution is 9.10.